The Morgan fingerprint density at radius 2 is 1.03 bits per heavy atom. The van der Waals surface area contributed by atoms with Gasteiger partial charge in [-0.05, 0) is 48.2 Å². The highest BCUT2D eigenvalue weighted by molar-refractivity contribution is 6.17. The van der Waals surface area contributed by atoms with Gasteiger partial charge in [0.05, 0.1) is 11.0 Å². The second kappa shape index (κ2) is 7.79. The monoisotopic (exact) mass is 423 g/mol. The summed E-state index contributed by atoms with van der Waals surface area (Å²) in [6.07, 6.45) is 0. The van der Waals surface area contributed by atoms with Crippen molar-refractivity contribution in [2.24, 2.45) is 0 Å². The van der Waals surface area contributed by atoms with Gasteiger partial charge < -0.3 is 4.57 Å². The average molecular weight is 424 g/mol. The third kappa shape index (κ3) is 3.16. The first-order valence-electron chi connectivity index (χ1n) is 11.5. The molecule has 1 nitrogen and oxygen atoms in total. The Labute approximate surface area is 194 Å². The summed E-state index contributed by atoms with van der Waals surface area (Å²) < 4.78 is 2.46. The lowest BCUT2D eigenvalue weighted by atomic mass is 9.98. The number of fused-ring (bicyclic) bond motifs is 3. The molecule has 6 aromatic rings. The highest BCUT2D eigenvalue weighted by Crippen LogP contribution is 2.41. The van der Waals surface area contributed by atoms with Crippen LogP contribution in [0.4, 0.5) is 0 Å². The Morgan fingerprint density at radius 3 is 1.64 bits per heavy atom. The molecule has 0 saturated heterocycles. The molecular weight excluding hydrogens is 398 g/mol. The van der Waals surface area contributed by atoms with Crippen LogP contribution in [-0.2, 0) is 0 Å². The van der Waals surface area contributed by atoms with Crippen LogP contribution in [0.3, 0.4) is 0 Å². The fraction of sp³-hybridized carbons (Fsp3) is 0.0625. The van der Waals surface area contributed by atoms with Crippen molar-refractivity contribution in [3.63, 3.8) is 0 Å². The second-order valence-electron chi connectivity index (χ2n) is 8.74. The van der Waals surface area contributed by atoms with Gasteiger partial charge in [-0.15, -0.1) is 0 Å². The Hall–Kier alpha value is -4.10. The number of hydrogen-bond donors (Lipinski definition) is 0. The molecule has 1 heteroatoms. The fourth-order valence-electron chi connectivity index (χ4n) is 4.94. The van der Waals surface area contributed by atoms with Gasteiger partial charge in [0.1, 0.15) is 0 Å². The van der Waals surface area contributed by atoms with Crippen molar-refractivity contribution in [3.8, 4) is 27.9 Å². The van der Waals surface area contributed by atoms with Gasteiger partial charge in [0, 0.05) is 27.6 Å². The number of benzene rings is 5. The van der Waals surface area contributed by atoms with E-state index in [-0.39, 0.29) is 0 Å². The minimum absolute atomic E-state index is 1.18. The summed E-state index contributed by atoms with van der Waals surface area (Å²) in [6, 6.07) is 41.6. The lowest BCUT2D eigenvalue weighted by Gasteiger charge is -2.14. The number of hydrogen-bond acceptors (Lipinski definition) is 0. The van der Waals surface area contributed by atoms with Crippen molar-refractivity contribution >= 4 is 21.8 Å². The summed E-state index contributed by atoms with van der Waals surface area (Å²) in [5.74, 6) is 0. The first kappa shape index (κ1) is 19.6. The van der Waals surface area contributed by atoms with E-state index < -0.39 is 0 Å². The van der Waals surface area contributed by atoms with E-state index in [0.717, 1.165) is 0 Å². The SMILES string of the molecule is Cc1ccc(-c2cccc3c4cccc(-c5ccccc5)c4n(-c4ccccc4)c23)cc1C. The molecule has 0 aliphatic rings. The van der Waals surface area contributed by atoms with Crippen molar-refractivity contribution in [1.82, 2.24) is 4.57 Å². The molecule has 0 radical (unpaired) electrons. The van der Waals surface area contributed by atoms with Gasteiger partial charge in [-0.1, -0.05) is 103 Å². The molecular formula is C32H25N. The van der Waals surface area contributed by atoms with Gasteiger partial charge in [0.15, 0.2) is 0 Å². The number of aromatic nitrogens is 1. The van der Waals surface area contributed by atoms with E-state index in [2.05, 4.69) is 134 Å². The predicted molar refractivity (Wildman–Crippen MR) is 141 cm³/mol. The van der Waals surface area contributed by atoms with Crippen molar-refractivity contribution < 1.29 is 0 Å². The molecule has 1 heterocycles. The summed E-state index contributed by atoms with van der Waals surface area (Å²) in [5, 5.41) is 2.56. The van der Waals surface area contributed by atoms with Crippen molar-refractivity contribution in [3.05, 3.63) is 126 Å². The van der Waals surface area contributed by atoms with Gasteiger partial charge in [-0.25, -0.2) is 0 Å². The highest BCUT2D eigenvalue weighted by Gasteiger charge is 2.19. The molecule has 0 aliphatic carbocycles. The van der Waals surface area contributed by atoms with Crippen LogP contribution in [0.2, 0.25) is 0 Å². The van der Waals surface area contributed by atoms with E-state index in [4.69, 9.17) is 0 Å². The summed E-state index contributed by atoms with van der Waals surface area (Å²) in [6.45, 7) is 4.37. The summed E-state index contributed by atoms with van der Waals surface area (Å²) in [4.78, 5) is 0. The minimum Gasteiger partial charge on any atom is -0.308 e. The molecule has 0 saturated carbocycles. The molecule has 0 fully saturated rings. The van der Waals surface area contributed by atoms with Crippen molar-refractivity contribution in [2.45, 2.75) is 13.8 Å². The smallest absolute Gasteiger partial charge is 0.0619 e. The van der Waals surface area contributed by atoms with Crippen molar-refractivity contribution in [2.75, 3.05) is 0 Å². The molecule has 6 rings (SSSR count). The van der Waals surface area contributed by atoms with Crippen LogP contribution in [0, 0.1) is 13.8 Å². The number of para-hydroxylation sites is 3. The normalized spacial score (nSPS) is 11.3. The zero-order valence-corrected chi connectivity index (χ0v) is 18.9. The lowest BCUT2D eigenvalue weighted by molar-refractivity contribution is 1.18. The van der Waals surface area contributed by atoms with E-state index in [1.54, 1.807) is 0 Å². The summed E-state index contributed by atoms with van der Waals surface area (Å²) in [5.41, 5.74) is 11.3. The van der Waals surface area contributed by atoms with Gasteiger partial charge in [0.25, 0.3) is 0 Å². The van der Waals surface area contributed by atoms with Crippen LogP contribution >= 0.6 is 0 Å². The Balaban J connectivity index is 1.81. The van der Waals surface area contributed by atoms with Crippen LogP contribution < -0.4 is 0 Å². The maximum absolute atomic E-state index is 2.46. The predicted octanol–water partition coefficient (Wildman–Crippen LogP) is 8.73. The van der Waals surface area contributed by atoms with E-state index in [1.165, 1.54) is 60.9 Å². The van der Waals surface area contributed by atoms with Crippen LogP contribution in [0.1, 0.15) is 11.1 Å². The zero-order valence-electron chi connectivity index (χ0n) is 18.9. The largest absolute Gasteiger partial charge is 0.308 e. The molecule has 0 bridgehead atoms. The molecule has 0 unspecified atom stereocenters. The van der Waals surface area contributed by atoms with E-state index in [0.29, 0.717) is 0 Å². The third-order valence-corrected chi connectivity index (χ3v) is 6.73. The minimum atomic E-state index is 1.18. The molecule has 0 atom stereocenters. The molecule has 0 aliphatic heterocycles. The first-order valence-corrected chi connectivity index (χ1v) is 11.5. The maximum atomic E-state index is 2.46. The molecule has 33 heavy (non-hydrogen) atoms. The number of rotatable bonds is 3. The van der Waals surface area contributed by atoms with Crippen LogP contribution in [0.5, 0.6) is 0 Å². The number of aryl methyl sites for hydroxylation is 2. The van der Waals surface area contributed by atoms with Crippen LogP contribution in [0.25, 0.3) is 49.7 Å². The average Bonchev–Trinajstić information content (AvgIpc) is 3.21. The third-order valence-electron chi connectivity index (χ3n) is 6.73. The van der Waals surface area contributed by atoms with Gasteiger partial charge >= 0.3 is 0 Å². The van der Waals surface area contributed by atoms with Crippen LogP contribution in [0.15, 0.2) is 115 Å². The molecule has 0 N–H and O–H groups in total. The highest BCUT2D eigenvalue weighted by atomic mass is 15.0. The second-order valence-corrected chi connectivity index (χ2v) is 8.74. The maximum Gasteiger partial charge on any atom is 0.0619 e. The molecule has 0 spiro atoms. The molecule has 5 aromatic carbocycles. The Kier molecular flexibility index (Phi) is 4.62. The topological polar surface area (TPSA) is 4.93 Å². The first-order chi connectivity index (χ1) is 16.2. The summed E-state index contributed by atoms with van der Waals surface area (Å²) in [7, 11) is 0. The van der Waals surface area contributed by atoms with Gasteiger partial charge in [0.2, 0.25) is 0 Å². The van der Waals surface area contributed by atoms with Gasteiger partial charge in [-0.2, -0.15) is 0 Å². The quantitative estimate of drug-likeness (QED) is 0.268. The number of nitrogens with zero attached hydrogens (tertiary/aromatic N) is 1. The van der Waals surface area contributed by atoms with E-state index in [9.17, 15) is 0 Å². The van der Waals surface area contributed by atoms with E-state index >= 15 is 0 Å². The van der Waals surface area contributed by atoms with Crippen molar-refractivity contribution in [1.29, 1.82) is 0 Å². The summed E-state index contributed by atoms with van der Waals surface area (Å²) >= 11 is 0. The van der Waals surface area contributed by atoms with Crippen LogP contribution in [-0.4, -0.2) is 4.57 Å². The Morgan fingerprint density at radius 1 is 0.455 bits per heavy atom. The van der Waals surface area contributed by atoms with Gasteiger partial charge in [-0.3, -0.25) is 0 Å². The van der Waals surface area contributed by atoms with E-state index in [1.807, 2.05) is 0 Å². The lowest BCUT2D eigenvalue weighted by Crippen LogP contribution is -1.97. The molecule has 158 valence electrons. The Bertz CT molecular complexity index is 1610. The standard InChI is InChI=1S/C32H25N/c1-22-19-20-25(21-23(22)2)28-16-10-18-30-29-17-9-15-27(24-11-5-3-6-12-24)31(29)33(32(28)30)26-13-7-4-8-14-26/h3-21H,1-2H3. The molecule has 1 aromatic heterocycles. The molecule has 0 amide bonds. The zero-order chi connectivity index (χ0) is 22.4. The fourth-order valence-corrected chi connectivity index (χ4v) is 4.94.